The molecule has 1 radical (unpaired) electrons. The second-order valence-corrected chi connectivity index (χ2v) is 2.26. The van der Waals surface area contributed by atoms with Gasteiger partial charge >= 0.3 is 0 Å². The number of hydrogen-bond acceptors (Lipinski definition) is 1. The molecule has 1 aliphatic heterocycles. The minimum atomic E-state index is 1.19. The van der Waals surface area contributed by atoms with E-state index in [1.54, 1.807) is 0 Å². The summed E-state index contributed by atoms with van der Waals surface area (Å²) in [6.45, 7) is 0. The van der Waals surface area contributed by atoms with Gasteiger partial charge in [-0.25, -0.2) is 0 Å². The van der Waals surface area contributed by atoms with Gasteiger partial charge in [-0.15, -0.1) is 5.98 Å². The summed E-state index contributed by atoms with van der Waals surface area (Å²) in [5, 5.41) is 3.15. The van der Waals surface area contributed by atoms with Gasteiger partial charge in [0.15, 0.2) is 7.28 Å². The van der Waals surface area contributed by atoms with Gasteiger partial charge < -0.3 is 5.32 Å². The third kappa shape index (κ3) is 0.818. The van der Waals surface area contributed by atoms with Gasteiger partial charge in [-0.1, -0.05) is 23.7 Å². The molecule has 2 heteroatoms. The summed E-state index contributed by atoms with van der Waals surface area (Å²) in [6.07, 6.45) is 1.93. The second kappa shape index (κ2) is 2.22. The van der Waals surface area contributed by atoms with E-state index >= 15 is 0 Å². The Morgan fingerprint density at radius 1 is 1.20 bits per heavy atom. The molecule has 1 N–H and O–H groups in total. The van der Waals surface area contributed by atoms with Crippen LogP contribution in [0.4, 0.5) is 5.69 Å². The fourth-order valence-corrected chi connectivity index (χ4v) is 1.06. The van der Waals surface area contributed by atoms with Gasteiger partial charge in [0.05, 0.1) is 0 Å². The van der Waals surface area contributed by atoms with E-state index in [0.29, 0.717) is 0 Å². The van der Waals surface area contributed by atoms with Gasteiger partial charge in [-0.3, -0.25) is 0 Å². The Labute approximate surface area is 61.0 Å². The molecule has 0 unspecified atom stereocenters. The third-order valence-electron chi connectivity index (χ3n) is 1.57. The number of para-hydroxylation sites is 1. The van der Waals surface area contributed by atoms with E-state index < -0.39 is 0 Å². The first-order chi connectivity index (χ1) is 4.97. The normalized spacial score (nSPS) is 13.2. The standard InChI is InChI=1S/C8H7BN/c1-2-4-8-7(3-1)9-5-6-10-8/h1-6,10H. The summed E-state index contributed by atoms with van der Waals surface area (Å²) >= 11 is 0. The quantitative estimate of drug-likeness (QED) is 0.512. The lowest BCUT2D eigenvalue weighted by atomic mass is 9.68. The van der Waals surface area contributed by atoms with Crippen molar-refractivity contribution in [2.45, 2.75) is 0 Å². The number of benzene rings is 1. The molecule has 0 spiro atoms. The molecule has 1 aliphatic rings. The van der Waals surface area contributed by atoms with Gasteiger partial charge in [0, 0.05) is 5.69 Å². The largest absolute Gasteiger partial charge is 0.363 e. The first-order valence-corrected chi connectivity index (χ1v) is 3.32. The van der Waals surface area contributed by atoms with Crippen molar-refractivity contribution in [2.75, 3.05) is 5.32 Å². The van der Waals surface area contributed by atoms with E-state index in [9.17, 15) is 0 Å². The van der Waals surface area contributed by atoms with Gasteiger partial charge in [-0.05, 0) is 12.3 Å². The van der Waals surface area contributed by atoms with Crippen LogP contribution in [0.25, 0.3) is 0 Å². The lowest BCUT2D eigenvalue weighted by Gasteiger charge is -2.10. The zero-order valence-electron chi connectivity index (χ0n) is 5.54. The molecule has 10 heavy (non-hydrogen) atoms. The number of nitrogens with one attached hydrogen (secondary N) is 1. The summed E-state index contributed by atoms with van der Waals surface area (Å²) in [5.41, 5.74) is 2.44. The number of fused-ring (bicyclic) bond motifs is 1. The molecule has 0 saturated heterocycles. The van der Waals surface area contributed by atoms with E-state index in [4.69, 9.17) is 0 Å². The topological polar surface area (TPSA) is 12.0 Å². The van der Waals surface area contributed by atoms with E-state index in [-0.39, 0.29) is 0 Å². The minimum absolute atomic E-state index is 1.19. The molecule has 0 saturated carbocycles. The van der Waals surface area contributed by atoms with Crippen LogP contribution in [-0.4, -0.2) is 7.28 Å². The molecule has 0 amide bonds. The summed E-state index contributed by atoms with van der Waals surface area (Å²) in [6, 6.07) is 8.22. The van der Waals surface area contributed by atoms with Crippen LogP contribution in [0.3, 0.4) is 0 Å². The Morgan fingerprint density at radius 3 is 3.00 bits per heavy atom. The highest BCUT2D eigenvalue weighted by Crippen LogP contribution is 2.04. The van der Waals surface area contributed by atoms with E-state index in [1.807, 2.05) is 24.3 Å². The van der Waals surface area contributed by atoms with Crippen LogP contribution >= 0.6 is 0 Å². The molecule has 2 rings (SSSR count). The van der Waals surface area contributed by atoms with Crippen molar-refractivity contribution in [3.8, 4) is 0 Å². The molecular weight excluding hydrogens is 121 g/mol. The van der Waals surface area contributed by atoms with Crippen molar-refractivity contribution in [1.29, 1.82) is 0 Å². The van der Waals surface area contributed by atoms with Crippen molar-refractivity contribution >= 4 is 18.4 Å². The molecule has 1 heterocycles. The molecule has 1 nitrogen and oxygen atoms in total. The first kappa shape index (κ1) is 5.60. The number of hydrogen-bond donors (Lipinski definition) is 1. The van der Waals surface area contributed by atoms with Crippen LogP contribution in [0.2, 0.25) is 0 Å². The maximum atomic E-state index is 3.15. The van der Waals surface area contributed by atoms with Gasteiger partial charge in [0.25, 0.3) is 0 Å². The van der Waals surface area contributed by atoms with E-state index in [2.05, 4.69) is 24.7 Å². The molecular formula is C8H7BN. The second-order valence-electron chi connectivity index (χ2n) is 2.26. The van der Waals surface area contributed by atoms with Crippen LogP contribution in [-0.2, 0) is 0 Å². The fourth-order valence-electron chi connectivity index (χ4n) is 1.06. The highest BCUT2D eigenvalue weighted by atomic mass is 14.8. The Bertz CT molecular complexity index is 241. The zero-order valence-corrected chi connectivity index (χ0v) is 5.54. The van der Waals surface area contributed by atoms with Gasteiger partial charge in [0.2, 0.25) is 0 Å². The van der Waals surface area contributed by atoms with Crippen LogP contribution < -0.4 is 10.8 Å². The van der Waals surface area contributed by atoms with Crippen molar-refractivity contribution in [1.82, 2.24) is 0 Å². The molecule has 0 aromatic heterocycles. The molecule has 1 aromatic carbocycles. The Balaban J connectivity index is 2.47. The summed E-state index contributed by atoms with van der Waals surface area (Å²) in [4.78, 5) is 0. The Morgan fingerprint density at radius 2 is 2.10 bits per heavy atom. The monoisotopic (exact) mass is 128 g/mol. The smallest absolute Gasteiger partial charge is 0.186 e. The summed E-state index contributed by atoms with van der Waals surface area (Å²) in [5.74, 6) is 2.00. The Hall–Kier alpha value is -1.18. The molecule has 0 atom stereocenters. The van der Waals surface area contributed by atoms with Crippen molar-refractivity contribution < 1.29 is 0 Å². The highest BCUT2D eigenvalue weighted by molar-refractivity contribution is 6.61. The first-order valence-electron chi connectivity index (χ1n) is 3.32. The SMILES string of the molecule is [B]1C=CNc2ccccc21. The minimum Gasteiger partial charge on any atom is -0.363 e. The van der Waals surface area contributed by atoms with E-state index in [1.165, 1.54) is 11.2 Å². The lowest BCUT2D eigenvalue weighted by molar-refractivity contribution is 1.61. The van der Waals surface area contributed by atoms with Crippen molar-refractivity contribution in [3.63, 3.8) is 0 Å². The summed E-state index contributed by atoms with van der Waals surface area (Å²) < 4.78 is 0. The lowest BCUT2D eigenvalue weighted by Crippen LogP contribution is -2.19. The molecule has 1 aromatic rings. The fraction of sp³-hybridized carbons (Fsp3) is 0. The predicted molar refractivity (Wildman–Crippen MR) is 44.6 cm³/mol. The maximum absolute atomic E-state index is 3.15. The van der Waals surface area contributed by atoms with Crippen molar-refractivity contribution in [2.24, 2.45) is 0 Å². The Kier molecular flexibility index (Phi) is 1.24. The molecule has 0 bridgehead atoms. The van der Waals surface area contributed by atoms with Crippen LogP contribution in [0.5, 0.6) is 0 Å². The van der Waals surface area contributed by atoms with Gasteiger partial charge in [-0.2, -0.15) is 0 Å². The molecule has 0 aliphatic carbocycles. The zero-order chi connectivity index (χ0) is 6.81. The highest BCUT2D eigenvalue weighted by Gasteiger charge is 2.01. The average Bonchev–Trinajstić information content (AvgIpc) is 2.05. The predicted octanol–water partition coefficient (Wildman–Crippen LogP) is 0.913. The van der Waals surface area contributed by atoms with Gasteiger partial charge in [0.1, 0.15) is 0 Å². The number of anilines is 1. The van der Waals surface area contributed by atoms with Crippen LogP contribution in [0.15, 0.2) is 36.4 Å². The van der Waals surface area contributed by atoms with Crippen LogP contribution in [0.1, 0.15) is 0 Å². The average molecular weight is 128 g/mol. The van der Waals surface area contributed by atoms with E-state index in [0.717, 1.165) is 0 Å². The van der Waals surface area contributed by atoms with Crippen LogP contribution in [0, 0.1) is 0 Å². The third-order valence-corrected chi connectivity index (χ3v) is 1.57. The summed E-state index contributed by atoms with van der Waals surface area (Å²) in [7, 11) is 2.09. The molecule has 47 valence electrons. The maximum Gasteiger partial charge on any atom is 0.186 e. The van der Waals surface area contributed by atoms with Crippen molar-refractivity contribution in [3.05, 3.63) is 36.4 Å². The number of rotatable bonds is 0. The molecule has 0 fully saturated rings.